The number of nitrogens with one attached hydrogen (secondary N) is 1. The zero-order valence-corrected chi connectivity index (χ0v) is 11.6. The van der Waals surface area contributed by atoms with Crippen LogP contribution in [0.15, 0.2) is 23.1 Å². The molecule has 0 radical (unpaired) electrons. The summed E-state index contributed by atoms with van der Waals surface area (Å²) in [4.78, 5) is 10.5. The monoisotopic (exact) mass is 304 g/mol. The second-order valence-electron chi connectivity index (χ2n) is 4.01. The summed E-state index contributed by atoms with van der Waals surface area (Å²) < 4.78 is 31.1. The Bertz CT molecular complexity index is 587. The Kier molecular flexibility index (Phi) is 5.45. The lowest BCUT2D eigenvalue weighted by Gasteiger charge is -2.16. The number of aromatic carboxylic acids is 1. The number of hydrogen-bond acceptors (Lipinski definition) is 6. The fourth-order valence-electron chi connectivity index (χ4n) is 1.53. The molecule has 0 fully saturated rings. The molecule has 0 spiro atoms. The van der Waals surface area contributed by atoms with E-state index in [0.717, 1.165) is 18.2 Å². The summed E-state index contributed by atoms with van der Waals surface area (Å²) in [6, 6.07) is 2.48. The van der Waals surface area contributed by atoms with Gasteiger partial charge >= 0.3 is 5.97 Å². The van der Waals surface area contributed by atoms with Crippen LogP contribution in [0.25, 0.3) is 0 Å². The molecule has 0 aliphatic rings. The van der Waals surface area contributed by atoms with Crippen molar-refractivity contribution in [3.8, 4) is 0 Å². The minimum Gasteiger partial charge on any atom is -0.478 e. The molecule has 1 atom stereocenters. The minimum absolute atomic E-state index is 0.0111. The molecule has 1 aromatic carbocycles. The quantitative estimate of drug-likeness (QED) is 0.486. The zero-order valence-electron chi connectivity index (χ0n) is 10.7. The first-order valence-corrected chi connectivity index (χ1v) is 7.05. The van der Waals surface area contributed by atoms with Gasteiger partial charge in [-0.3, -0.25) is 0 Å². The summed E-state index contributed by atoms with van der Waals surface area (Å²) in [5.41, 5.74) is 5.26. The molecular weight excluding hydrogens is 288 g/mol. The second-order valence-corrected chi connectivity index (χ2v) is 5.70. The fourth-order valence-corrected chi connectivity index (χ4v) is 2.86. The Balaban J connectivity index is 3.06. The van der Waals surface area contributed by atoms with Crippen LogP contribution in [-0.2, 0) is 14.8 Å². The predicted octanol–water partition coefficient (Wildman–Crippen LogP) is -0.747. The van der Waals surface area contributed by atoms with E-state index in [2.05, 4.69) is 4.72 Å². The smallest absolute Gasteiger partial charge is 0.335 e. The van der Waals surface area contributed by atoms with Gasteiger partial charge in [0.2, 0.25) is 10.0 Å². The highest BCUT2D eigenvalue weighted by atomic mass is 32.2. The molecule has 0 bridgehead atoms. The van der Waals surface area contributed by atoms with E-state index in [9.17, 15) is 13.2 Å². The van der Waals surface area contributed by atoms with Gasteiger partial charge in [0.15, 0.2) is 0 Å². The number of carbonyl (C=O) groups is 1. The molecule has 0 saturated heterocycles. The number of benzene rings is 1. The van der Waals surface area contributed by atoms with Crippen molar-refractivity contribution in [1.29, 1.82) is 0 Å². The predicted molar refractivity (Wildman–Crippen MR) is 70.9 cm³/mol. The first kappa shape index (κ1) is 16.4. The summed E-state index contributed by atoms with van der Waals surface area (Å²) in [6.07, 6.45) is 0. The molecule has 1 unspecified atom stereocenters. The Morgan fingerprint density at radius 1 is 1.50 bits per heavy atom. The normalized spacial score (nSPS) is 13.1. The number of methoxy groups -OCH3 is 1. The maximum Gasteiger partial charge on any atom is 0.335 e. The van der Waals surface area contributed by atoms with E-state index >= 15 is 0 Å². The third-order valence-corrected chi connectivity index (χ3v) is 4.05. The van der Waals surface area contributed by atoms with Crippen LogP contribution < -0.4 is 10.5 Å². The summed E-state index contributed by atoms with van der Waals surface area (Å²) in [7, 11) is -2.61. The van der Waals surface area contributed by atoms with Crippen LogP contribution in [0.4, 0.5) is 5.69 Å². The van der Waals surface area contributed by atoms with Crippen LogP contribution in [0.1, 0.15) is 10.4 Å². The Hall–Kier alpha value is -1.68. The maximum atomic E-state index is 12.1. The molecule has 0 aliphatic heterocycles. The molecule has 1 rings (SSSR count). The van der Waals surface area contributed by atoms with E-state index in [4.69, 9.17) is 20.7 Å². The number of hydrogen-bond donors (Lipinski definition) is 4. The van der Waals surface area contributed by atoms with Crippen molar-refractivity contribution in [2.75, 3.05) is 26.1 Å². The molecule has 1 aromatic rings. The highest BCUT2D eigenvalue weighted by Gasteiger charge is 2.22. The molecule has 0 heterocycles. The van der Waals surface area contributed by atoms with Crippen molar-refractivity contribution in [2.24, 2.45) is 0 Å². The summed E-state index contributed by atoms with van der Waals surface area (Å²) >= 11 is 0. The van der Waals surface area contributed by atoms with E-state index in [0.29, 0.717) is 0 Å². The summed E-state index contributed by atoms with van der Waals surface area (Å²) in [6.45, 7) is -0.455. The van der Waals surface area contributed by atoms with Crippen LogP contribution >= 0.6 is 0 Å². The van der Waals surface area contributed by atoms with Crippen molar-refractivity contribution >= 4 is 21.7 Å². The average Bonchev–Trinajstić information content (AvgIpc) is 2.37. The highest BCUT2D eigenvalue weighted by molar-refractivity contribution is 7.89. The minimum atomic E-state index is -3.97. The first-order chi connectivity index (χ1) is 9.31. The van der Waals surface area contributed by atoms with E-state index in [1.165, 1.54) is 7.11 Å². The number of aliphatic hydroxyl groups excluding tert-OH is 1. The summed E-state index contributed by atoms with van der Waals surface area (Å²) in [5.74, 6) is -1.21. The van der Waals surface area contributed by atoms with E-state index in [1.54, 1.807) is 0 Å². The topological polar surface area (TPSA) is 139 Å². The lowest BCUT2D eigenvalue weighted by atomic mass is 10.2. The van der Waals surface area contributed by atoms with Gasteiger partial charge in [-0.1, -0.05) is 0 Å². The molecule has 0 aliphatic carbocycles. The number of anilines is 1. The van der Waals surface area contributed by atoms with Gasteiger partial charge in [0, 0.05) is 7.11 Å². The van der Waals surface area contributed by atoms with Crippen LogP contribution in [0.5, 0.6) is 0 Å². The van der Waals surface area contributed by atoms with Crippen LogP contribution in [0.3, 0.4) is 0 Å². The number of aliphatic hydroxyl groups is 1. The molecule has 112 valence electrons. The van der Waals surface area contributed by atoms with Gasteiger partial charge in [-0.2, -0.15) is 0 Å². The van der Waals surface area contributed by atoms with Gasteiger partial charge in [-0.05, 0) is 18.2 Å². The van der Waals surface area contributed by atoms with Crippen molar-refractivity contribution in [3.63, 3.8) is 0 Å². The molecule has 8 nitrogen and oxygen atoms in total. The molecular formula is C11H16N2O6S. The molecule has 5 N–H and O–H groups in total. The van der Waals surface area contributed by atoms with Gasteiger partial charge in [-0.15, -0.1) is 0 Å². The Morgan fingerprint density at radius 2 is 2.15 bits per heavy atom. The number of ether oxygens (including phenoxy) is 1. The average molecular weight is 304 g/mol. The van der Waals surface area contributed by atoms with Crippen LogP contribution in [-0.4, -0.2) is 51.0 Å². The Morgan fingerprint density at radius 3 is 2.60 bits per heavy atom. The summed E-state index contributed by atoms with van der Waals surface area (Å²) in [5, 5.41) is 17.8. The third-order valence-electron chi connectivity index (χ3n) is 2.46. The number of rotatable bonds is 7. The third kappa shape index (κ3) is 3.90. The van der Waals surface area contributed by atoms with Gasteiger partial charge in [-0.25, -0.2) is 17.9 Å². The molecule has 0 saturated carbocycles. The number of carboxylic acid groups (broad SMARTS) is 1. The molecule has 20 heavy (non-hydrogen) atoms. The number of nitrogen functional groups attached to an aromatic ring is 1. The standard InChI is InChI=1S/C11H16N2O6S/c1-19-6-8(5-14)13-20(17,18)10-3-2-7(11(15)16)4-9(10)12/h2-4,8,13-14H,5-6,12H2,1H3,(H,15,16). The van der Waals surface area contributed by atoms with Crippen molar-refractivity contribution < 1.29 is 28.2 Å². The van der Waals surface area contributed by atoms with E-state index in [1.807, 2.05) is 0 Å². The van der Waals surface area contributed by atoms with Gasteiger partial charge < -0.3 is 20.7 Å². The lowest BCUT2D eigenvalue weighted by molar-refractivity contribution is 0.0697. The molecule has 9 heteroatoms. The Labute approximate surface area is 116 Å². The fraction of sp³-hybridized carbons (Fsp3) is 0.364. The second kappa shape index (κ2) is 6.66. The largest absolute Gasteiger partial charge is 0.478 e. The van der Waals surface area contributed by atoms with Gasteiger partial charge in [0.25, 0.3) is 0 Å². The first-order valence-electron chi connectivity index (χ1n) is 5.56. The lowest BCUT2D eigenvalue weighted by Crippen LogP contribution is -2.40. The number of sulfonamides is 1. The van der Waals surface area contributed by atoms with Crippen molar-refractivity contribution in [2.45, 2.75) is 10.9 Å². The zero-order chi connectivity index (χ0) is 15.3. The molecule has 0 aromatic heterocycles. The number of nitrogens with two attached hydrogens (primary N) is 1. The van der Waals surface area contributed by atoms with Gasteiger partial charge in [0.05, 0.1) is 30.5 Å². The van der Waals surface area contributed by atoms with E-state index < -0.39 is 28.6 Å². The van der Waals surface area contributed by atoms with Crippen molar-refractivity contribution in [3.05, 3.63) is 23.8 Å². The molecule has 0 amide bonds. The highest BCUT2D eigenvalue weighted by Crippen LogP contribution is 2.20. The van der Waals surface area contributed by atoms with E-state index in [-0.39, 0.29) is 22.8 Å². The van der Waals surface area contributed by atoms with Crippen molar-refractivity contribution in [1.82, 2.24) is 4.72 Å². The maximum absolute atomic E-state index is 12.1. The van der Waals surface area contributed by atoms with Crippen LogP contribution in [0.2, 0.25) is 0 Å². The SMILES string of the molecule is COCC(CO)NS(=O)(=O)c1ccc(C(=O)O)cc1N. The van der Waals surface area contributed by atoms with Gasteiger partial charge in [0.1, 0.15) is 4.90 Å². The number of carboxylic acids is 1. The van der Waals surface area contributed by atoms with Crippen LogP contribution in [0, 0.1) is 0 Å².